The van der Waals surface area contributed by atoms with Gasteiger partial charge in [-0.15, -0.1) is 5.10 Å². The molecule has 0 bridgehead atoms. The van der Waals surface area contributed by atoms with E-state index in [1.54, 1.807) is 4.40 Å². The zero-order valence-corrected chi connectivity index (χ0v) is 29.4. The lowest BCUT2D eigenvalue weighted by molar-refractivity contribution is -0.145. The first-order valence-electron chi connectivity index (χ1n) is 16.6. The molecule has 1 aromatic carbocycles. The monoisotopic (exact) mass is 725 g/mol. The normalized spacial score (nSPS) is 12.1. The van der Waals surface area contributed by atoms with Gasteiger partial charge < -0.3 is 40.1 Å². The summed E-state index contributed by atoms with van der Waals surface area (Å²) in [6.45, 7) is 7.74. The number of aromatic nitrogens is 4. The van der Waals surface area contributed by atoms with Gasteiger partial charge in [0.1, 0.15) is 5.82 Å². The van der Waals surface area contributed by atoms with E-state index in [4.69, 9.17) is 41.6 Å². The van der Waals surface area contributed by atoms with Crippen molar-refractivity contribution in [1.29, 1.82) is 0 Å². The van der Waals surface area contributed by atoms with E-state index >= 15 is 0 Å². The van der Waals surface area contributed by atoms with Crippen LogP contribution in [0, 0.1) is 16.5 Å². The number of rotatable bonds is 25. The second-order valence-corrected chi connectivity index (χ2v) is 12.1. The van der Waals surface area contributed by atoms with Gasteiger partial charge in [0.2, 0.25) is 22.4 Å². The Morgan fingerprint density at radius 3 is 2.30 bits per heavy atom. The maximum atomic E-state index is 13.8. The van der Waals surface area contributed by atoms with Gasteiger partial charge in [-0.05, 0) is 49.2 Å². The molecule has 0 unspecified atom stereocenters. The highest BCUT2D eigenvalue weighted by Gasteiger charge is 2.16. The fourth-order valence-electron chi connectivity index (χ4n) is 4.59. The Kier molecular flexibility index (Phi) is 18.0. The van der Waals surface area contributed by atoms with Gasteiger partial charge in [0, 0.05) is 32.5 Å². The van der Waals surface area contributed by atoms with Gasteiger partial charge in [0.05, 0.1) is 76.4 Å². The number of hydrogen-bond donors (Lipinski definition) is 4. The van der Waals surface area contributed by atoms with E-state index in [0.717, 1.165) is 0 Å². The quantitative estimate of drug-likeness (QED) is 0.0554. The first-order chi connectivity index (χ1) is 24.1. The summed E-state index contributed by atoms with van der Waals surface area (Å²) in [7, 11) is 0. The SMILES string of the molecule is CC(C)COC(=O)CC[C@H](N)C(=O)NCCOCCOCCOCCOCCC(=O)NCCCn1c(=O)c2cc(F)ccc2n2c(=S)[nH]nc12. The van der Waals surface area contributed by atoms with Crippen molar-refractivity contribution in [2.24, 2.45) is 11.7 Å². The van der Waals surface area contributed by atoms with Crippen LogP contribution in [-0.2, 0) is 44.6 Å². The van der Waals surface area contributed by atoms with Gasteiger partial charge in [-0.2, -0.15) is 0 Å². The number of nitrogens with zero attached hydrogens (tertiary/aromatic N) is 3. The molecular weight excluding hydrogens is 677 g/mol. The Balaban J connectivity index is 1.12. The minimum Gasteiger partial charge on any atom is -0.465 e. The molecule has 3 aromatic rings. The van der Waals surface area contributed by atoms with Gasteiger partial charge in [-0.25, -0.2) is 9.49 Å². The molecule has 0 spiro atoms. The molecule has 1 atom stereocenters. The molecule has 5 N–H and O–H groups in total. The van der Waals surface area contributed by atoms with Crippen molar-refractivity contribution >= 4 is 46.7 Å². The van der Waals surface area contributed by atoms with Gasteiger partial charge in [0.15, 0.2) is 0 Å². The summed E-state index contributed by atoms with van der Waals surface area (Å²) in [5.74, 6) is -0.867. The van der Waals surface area contributed by atoms with E-state index < -0.39 is 17.4 Å². The Hall–Kier alpha value is -3.81. The molecule has 0 aliphatic heterocycles. The van der Waals surface area contributed by atoms with E-state index in [1.807, 2.05) is 13.8 Å². The molecule has 2 amide bonds. The lowest BCUT2D eigenvalue weighted by Crippen LogP contribution is -2.42. The number of fused-ring (bicyclic) bond motifs is 3. The average molecular weight is 726 g/mol. The van der Waals surface area contributed by atoms with Crippen molar-refractivity contribution in [3.05, 3.63) is 39.1 Å². The van der Waals surface area contributed by atoms with Gasteiger partial charge in [0.25, 0.3) is 5.56 Å². The minimum atomic E-state index is -0.791. The predicted octanol–water partition coefficient (Wildman–Crippen LogP) is 1.23. The van der Waals surface area contributed by atoms with Crippen LogP contribution in [0.5, 0.6) is 0 Å². The molecule has 0 fully saturated rings. The molecule has 278 valence electrons. The first-order valence-corrected chi connectivity index (χ1v) is 17.0. The number of amides is 2. The van der Waals surface area contributed by atoms with Crippen molar-refractivity contribution < 1.29 is 42.5 Å². The molecule has 3 rings (SSSR count). The lowest BCUT2D eigenvalue weighted by Gasteiger charge is -2.13. The third-order valence-electron chi connectivity index (χ3n) is 7.16. The highest BCUT2D eigenvalue weighted by Crippen LogP contribution is 2.15. The molecule has 2 heterocycles. The second-order valence-electron chi connectivity index (χ2n) is 11.7. The number of hydrogen-bond acceptors (Lipinski definition) is 12. The molecular formula is C32H48FN7O9S. The summed E-state index contributed by atoms with van der Waals surface area (Å²) in [6.07, 6.45) is 0.914. The third kappa shape index (κ3) is 13.8. The molecule has 18 heteroatoms. The van der Waals surface area contributed by atoms with Crippen LogP contribution in [0.2, 0.25) is 0 Å². The van der Waals surface area contributed by atoms with Crippen molar-refractivity contribution in [3.8, 4) is 0 Å². The van der Waals surface area contributed by atoms with Crippen LogP contribution >= 0.6 is 12.2 Å². The maximum absolute atomic E-state index is 13.8. The Morgan fingerprint density at radius 2 is 1.62 bits per heavy atom. The molecule has 0 radical (unpaired) electrons. The number of halogens is 1. The van der Waals surface area contributed by atoms with Crippen LogP contribution in [0.25, 0.3) is 16.7 Å². The van der Waals surface area contributed by atoms with Crippen LogP contribution in [0.4, 0.5) is 4.39 Å². The van der Waals surface area contributed by atoms with Crippen molar-refractivity contribution in [2.75, 3.05) is 72.6 Å². The summed E-state index contributed by atoms with van der Waals surface area (Å²) >= 11 is 5.29. The zero-order valence-electron chi connectivity index (χ0n) is 28.6. The molecule has 50 heavy (non-hydrogen) atoms. The number of esters is 1. The first kappa shape index (κ1) is 40.6. The summed E-state index contributed by atoms with van der Waals surface area (Å²) in [5.41, 5.74) is 5.89. The number of nitrogens with one attached hydrogen (secondary N) is 3. The Labute approximate surface area is 294 Å². The maximum Gasteiger partial charge on any atom is 0.305 e. The number of nitrogens with two attached hydrogens (primary N) is 1. The van der Waals surface area contributed by atoms with Crippen LogP contribution in [-0.4, -0.2) is 116 Å². The highest BCUT2D eigenvalue weighted by atomic mass is 32.1. The highest BCUT2D eigenvalue weighted by molar-refractivity contribution is 7.71. The average Bonchev–Trinajstić information content (AvgIpc) is 3.48. The van der Waals surface area contributed by atoms with E-state index in [9.17, 15) is 23.6 Å². The number of H-pyrrole nitrogens is 1. The number of benzene rings is 1. The van der Waals surface area contributed by atoms with E-state index in [-0.39, 0.29) is 66.3 Å². The summed E-state index contributed by atoms with van der Waals surface area (Å²) in [5, 5.41) is 12.5. The molecule has 0 aliphatic rings. The smallest absolute Gasteiger partial charge is 0.305 e. The molecule has 0 aliphatic carbocycles. The largest absolute Gasteiger partial charge is 0.465 e. The summed E-state index contributed by atoms with van der Waals surface area (Å²) < 4.78 is 43.9. The summed E-state index contributed by atoms with van der Waals surface area (Å²) in [6, 6.07) is 3.14. The topological polar surface area (TPSA) is 203 Å². The third-order valence-corrected chi connectivity index (χ3v) is 7.43. The number of aromatic amines is 1. The number of carbonyl (C=O) groups is 3. The minimum absolute atomic E-state index is 0.0904. The predicted molar refractivity (Wildman–Crippen MR) is 184 cm³/mol. The van der Waals surface area contributed by atoms with Crippen LogP contribution in [0.1, 0.15) is 39.5 Å². The Bertz CT molecular complexity index is 1650. The van der Waals surface area contributed by atoms with Crippen LogP contribution < -0.4 is 21.9 Å². The van der Waals surface area contributed by atoms with E-state index in [0.29, 0.717) is 83.7 Å². The van der Waals surface area contributed by atoms with Crippen molar-refractivity contribution in [1.82, 2.24) is 29.8 Å². The van der Waals surface area contributed by atoms with E-state index in [1.165, 1.54) is 22.8 Å². The van der Waals surface area contributed by atoms with Gasteiger partial charge >= 0.3 is 5.97 Å². The molecule has 16 nitrogen and oxygen atoms in total. The van der Waals surface area contributed by atoms with Crippen molar-refractivity contribution in [2.45, 2.75) is 52.1 Å². The van der Waals surface area contributed by atoms with Crippen LogP contribution in [0.15, 0.2) is 23.0 Å². The zero-order chi connectivity index (χ0) is 36.3. The van der Waals surface area contributed by atoms with Gasteiger partial charge in [-0.1, -0.05) is 13.8 Å². The number of carbonyl (C=O) groups excluding carboxylic acids is 3. The molecule has 0 saturated heterocycles. The standard InChI is InChI=1S/C32H48FN7O9S/c1-22(2)21-49-28(42)7-5-25(34)29(43)36-10-13-46-15-17-48-19-18-47-16-14-45-12-8-27(41)35-9-3-11-39-30(44)24-20-23(33)4-6-26(24)40-31(39)37-38-32(40)50/h4,6,20,22,25H,3,5,7-19,21,34H2,1-2H3,(H,35,41)(H,36,43)(H,38,50)/t25-/m0/s1. The van der Waals surface area contributed by atoms with E-state index in [2.05, 4.69) is 20.8 Å². The number of aryl methyl sites for hydroxylation is 1. The molecule has 0 saturated carbocycles. The lowest BCUT2D eigenvalue weighted by atomic mass is 10.1. The Morgan fingerprint density at radius 1 is 0.960 bits per heavy atom. The van der Waals surface area contributed by atoms with Gasteiger partial charge in [-0.3, -0.25) is 28.1 Å². The molecule has 2 aromatic heterocycles. The van der Waals surface area contributed by atoms with Crippen LogP contribution in [0.3, 0.4) is 0 Å². The fraction of sp³-hybridized carbons (Fsp3) is 0.625. The summed E-state index contributed by atoms with van der Waals surface area (Å²) in [4.78, 5) is 48.8. The number of ether oxygens (including phenoxy) is 5. The second kappa shape index (κ2) is 22.1. The fourth-order valence-corrected chi connectivity index (χ4v) is 4.82. The van der Waals surface area contributed by atoms with Crippen molar-refractivity contribution in [3.63, 3.8) is 0 Å².